The maximum atomic E-state index is 13.1. The molecule has 2 saturated heterocycles. The minimum atomic E-state index is -4.47. The van der Waals surface area contributed by atoms with E-state index in [4.69, 9.17) is 0 Å². The summed E-state index contributed by atoms with van der Waals surface area (Å²) in [6.45, 7) is 5.89. The van der Waals surface area contributed by atoms with Gasteiger partial charge in [0.05, 0.1) is 12.0 Å². The zero-order valence-electron chi connectivity index (χ0n) is 15.0. The van der Waals surface area contributed by atoms with Gasteiger partial charge in [0.1, 0.15) is 0 Å². The molecule has 0 bridgehead atoms. The molecule has 146 valence electrons. The van der Waals surface area contributed by atoms with Gasteiger partial charge in [-0.3, -0.25) is 9.59 Å². The molecule has 2 aliphatic rings. The first kappa shape index (κ1) is 19.5. The molecule has 2 unspecified atom stereocenters. The van der Waals surface area contributed by atoms with E-state index in [1.807, 2.05) is 4.90 Å². The number of hydrogen-bond acceptors (Lipinski definition) is 2. The Labute approximate surface area is 156 Å². The zero-order chi connectivity index (χ0) is 19.6. The van der Waals surface area contributed by atoms with Gasteiger partial charge < -0.3 is 9.80 Å². The summed E-state index contributed by atoms with van der Waals surface area (Å²) in [6.07, 6.45) is -2.07. The molecule has 2 amide bonds. The van der Waals surface area contributed by atoms with E-state index < -0.39 is 11.7 Å². The summed E-state index contributed by atoms with van der Waals surface area (Å²) >= 11 is 0. The lowest BCUT2D eigenvalue weighted by atomic mass is 9.88. The predicted molar refractivity (Wildman–Crippen MR) is 94.7 cm³/mol. The van der Waals surface area contributed by atoms with Gasteiger partial charge in [0.2, 0.25) is 11.8 Å². The van der Waals surface area contributed by atoms with Crippen LogP contribution in [0.1, 0.15) is 24.0 Å². The van der Waals surface area contributed by atoms with Crippen LogP contribution in [0.2, 0.25) is 0 Å². The Morgan fingerprint density at radius 1 is 1.07 bits per heavy atom. The number of likely N-dealkylation sites (tertiary alicyclic amines) is 2. The van der Waals surface area contributed by atoms with Crippen molar-refractivity contribution in [3.63, 3.8) is 0 Å². The van der Waals surface area contributed by atoms with Gasteiger partial charge in [-0.05, 0) is 29.9 Å². The first-order valence-corrected chi connectivity index (χ1v) is 9.11. The summed E-state index contributed by atoms with van der Waals surface area (Å²) in [5.74, 6) is 0.289. The standard InChI is InChI=1S/C20H23F3N2O2/c1-2-5-18(26)25-11-15-8-9-24(12-16(15)13-25)19(27)10-14-6-3-4-7-17(14)20(21,22)23/h2-4,6-7,15-16H,1,5,8-13H2. The van der Waals surface area contributed by atoms with Crippen LogP contribution in [0.25, 0.3) is 0 Å². The van der Waals surface area contributed by atoms with E-state index in [0.29, 0.717) is 38.5 Å². The van der Waals surface area contributed by atoms with Crippen molar-refractivity contribution in [1.29, 1.82) is 0 Å². The smallest absolute Gasteiger partial charge is 0.342 e. The number of rotatable bonds is 4. The second kappa shape index (κ2) is 7.74. The summed E-state index contributed by atoms with van der Waals surface area (Å²) in [5.41, 5.74) is -0.748. The van der Waals surface area contributed by atoms with Crippen molar-refractivity contribution in [2.24, 2.45) is 11.8 Å². The van der Waals surface area contributed by atoms with Gasteiger partial charge in [0.15, 0.2) is 0 Å². The average Bonchev–Trinajstić information content (AvgIpc) is 3.05. The Kier molecular flexibility index (Phi) is 5.58. The molecule has 2 fully saturated rings. The second-order valence-electron chi connectivity index (χ2n) is 7.27. The predicted octanol–water partition coefficient (Wildman–Crippen LogP) is 3.13. The first-order valence-electron chi connectivity index (χ1n) is 9.11. The van der Waals surface area contributed by atoms with E-state index in [-0.39, 0.29) is 29.7 Å². The summed E-state index contributed by atoms with van der Waals surface area (Å²) < 4.78 is 39.4. The number of carbonyl (C=O) groups excluding carboxylic acids is 2. The van der Waals surface area contributed by atoms with E-state index in [2.05, 4.69) is 6.58 Å². The average molecular weight is 380 g/mol. The number of halogens is 3. The Morgan fingerprint density at radius 3 is 2.44 bits per heavy atom. The van der Waals surface area contributed by atoms with Gasteiger partial charge in [-0.25, -0.2) is 0 Å². The molecule has 0 radical (unpaired) electrons. The molecule has 1 aromatic rings. The van der Waals surface area contributed by atoms with Crippen LogP contribution in [-0.4, -0.2) is 47.8 Å². The Balaban J connectivity index is 1.63. The number of amides is 2. The maximum Gasteiger partial charge on any atom is 0.416 e. The lowest BCUT2D eigenvalue weighted by Gasteiger charge is -2.34. The second-order valence-corrected chi connectivity index (χ2v) is 7.27. The lowest BCUT2D eigenvalue weighted by molar-refractivity contribution is -0.139. The highest BCUT2D eigenvalue weighted by molar-refractivity contribution is 5.80. The minimum Gasteiger partial charge on any atom is -0.342 e. The summed E-state index contributed by atoms with van der Waals surface area (Å²) in [4.78, 5) is 28.1. The molecule has 0 aliphatic carbocycles. The Bertz CT molecular complexity index is 732. The molecule has 2 heterocycles. The fourth-order valence-corrected chi connectivity index (χ4v) is 4.08. The molecule has 3 rings (SSSR count). The first-order chi connectivity index (χ1) is 12.8. The lowest BCUT2D eigenvalue weighted by Crippen LogP contribution is -2.44. The molecule has 2 atom stereocenters. The van der Waals surface area contributed by atoms with Crippen molar-refractivity contribution in [3.8, 4) is 0 Å². The van der Waals surface area contributed by atoms with Crippen LogP contribution in [0.5, 0.6) is 0 Å². The summed E-state index contributed by atoms with van der Waals surface area (Å²) in [7, 11) is 0. The number of hydrogen-bond donors (Lipinski definition) is 0. The quantitative estimate of drug-likeness (QED) is 0.753. The SMILES string of the molecule is C=CCC(=O)N1CC2CCN(C(=O)Cc3ccccc3C(F)(F)F)CC2C1. The molecule has 2 aliphatic heterocycles. The highest BCUT2D eigenvalue weighted by Gasteiger charge is 2.40. The number of benzene rings is 1. The van der Waals surface area contributed by atoms with Crippen LogP contribution < -0.4 is 0 Å². The zero-order valence-corrected chi connectivity index (χ0v) is 15.0. The normalized spacial score (nSPS) is 22.5. The van der Waals surface area contributed by atoms with E-state index in [1.54, 1.807) is 11.0 Å². The highest BCUT2D eigenvalue weighted by atomic mass is 19.4. The van der Waals surface area contributed by atoms with Gasteiger partial charge in [0, 0.05) is 32.6 Å². The Morgan fingerprint density at radius 2 is 1.74 bits per heavy atom. The van der Waals surface area contributed by atoms with Crippen molar-refractivity contribution in [2.45, 2.75) is 25.4 Å². The van der Waals surface area contributed by atoms with E-state index in [1.165, 1.54) is 18.2 Å². The topological polar surface area (TPSA) is 40.6 Å². The van der Waals surface area contributed by atoms with Crippen molar-refractivity contribution in [2.75, 3.05) is 26.2 Å². The van der Waals surface area contributed by atoms with Crippen LogP contribution in [0.15, 0.2) is 36.9 Å². The Hall–Kier alpha value is -2.31. The number of fused-ring (bicyclic) bond motifs is 1. The third kappa shape index (κ3) is 4.34. The summed E-state index contributed by atoms with van der Waals surface area (Å²) in [5, 5.41) is 0. The monoisotopic (exact) mass is 380 g/mol. The van der Waals surface area contributed by atoms with Crippen molar-refractivity contribution >= 4 is 11.8 Å². The number of carbonyl (C=O) groups is 2. The molecule has 0 N–H and O–H groups in total. The maximum absolute atomic E-state index is 13.1. The third-order valence-electron chi connectivity index (χ3n) is 5.49. The number of nitrogens with zero attached hydrogens (tertiary/aromatic N) is 2. The molecule has 7 heteroatoms. The molecular formula is C20H23F3N2O2. The molecule has 27 heavy (non-hydrogen) atoms. The van der Waals surface area contributed by atoms with E-state index in [0.717, 1.165) is 12.5 Å². The highest BCUT2D eigenvalue weighted by Crippen LogP contribution is 2.34. The van der Waals surface area contributed by atoms with Crippen LogP contribution >= 0.6 is 0 Å². The fraction of sp³-hybridized carbons (Fsp3) is 0.500. The van der Waals surface area contributed by atoms with Gasteiger partial charge in [-0.2, -0.15) is 13.2 Å². The van der Waals surface area contributed by atoms with Gasteiger partial charge >= 0.3 is 6.18 Å². The molecule has 4 nitrogen and oxygen atoms in total. The van der Waals surface area contributed by atoms with E-state index in [9.17, 15) is 22.8 Å². The summed E-state index contributed by atoms with van der Waals surface area (Å²) in [6, 6.07) is 5.22. The minimum absolute atomic E-state index is 0.00586. The van der Waals surface area contributed by atoms with Crippen LogP contribution in [0.4, 0.5) is 13.2 Å². The van der Waals surface area contributed by atoms with Crippen molar-refractivity contribution in [3.05, 3.63) is 48.0 Å². The van der Waals surface area contributed by atoms with Gasteiger partial charge in [-0.1, -0.05) is 24.3 Å². The molecule has 0 saturated carbocycles. The van der Waals surface area contributed by atoms with Crippen LogP contribution in [-0.2, 0) is 22.2 Å². The fourth-order valence-electron chi connectivity index (χ4n) is 4.08. The molecule has 0 spiro atoms. The van der Waals surface area contributed by atoms with Crippen LogP contribution in [0.3, 0.4) is 0 Å². The molecule has 1 aromatic carbocycles. The van der Waals surface area contributed by atoms with Crippen molar-refractivity contribution in [1.82, 2.24) is 9.80 Å². The number of alkyl halides is 3. The van der Waals surface area contributed by atoms with Crippen LogP contribution in [0, 0.1) is 11.8 Å². The molecule has 0 aromatic heterocycles. The van der Waals surface area contributed by atoms with Crippen molar-refractivity contribution < 1.29 is 22.8 Å². The van der Waals surface area contributed by atoms with E-state index >= 15 is 0 Å². The number of piperidine rings is 1. The van der Waals surface area contributed by atoms with Gasteiger partial charge in [-0.15, -0.1) is 6.58 Å². The molecular weight excluding hydrogens is 357 g/mol. The largest absolute Gasteiger partial charge is 0.416 e. The third-order valence-corrected chi connectivity index (χ3v) is 5.49. The van der Waals surface area contributed by atoms with Gasteiger partial charge in [0.25, 0.3) is 0 Å².